The van der Waals surface area contributed by atoms with Gasteiger partial charge in [0, 0.05) is 25.4 Å². The predicted molar refractivity (Wildman–Crippen MR) is 142 cm³/mol. The molecular formula is C28H31N3O4S. The maximum absolute atomic E-state index is 12.7. The lowest BCUT2D eigenvalue weighted by Crippen LogP contribution is -2.18. The molecule has 7 nitrogen and oxygen atoms in total. The largest absolute Gasteiger partial charge is 0.463 e. The summed E-state index contributed by atoms with van der Waals surface area (Å²) >= 11 is 0. The molecule has 0 saturated carbocycles. The Balaban J connectivity index is 1.47. The van der Waals surface area contributed by atoms with E-state index >= 15 is 0 Å². The summed E-state index contributed by atoms with van der Waals surface area (Å²) in [5.74, 6) is -0.370. The summed E-state index contributed by atoms with van der Waals surface area (Å²) in [6.07, 6.45) is 5.16. The first-order chi connectivity index (χ1) is 17.4. The number of esters is 1. The molecule has 3 aromatic carbocycles. The van der Waals surface area contributed by atoms with Crippen molar-refractivity contribution in [3.05, 3.63) is 91.5 Å². The van der Waals surface area contributed by atoms with Crippen molar-refractivity contribution >= 4 is 32.9 Å². The van der Waals surface area contributed by atoms with Gasteiger partial charge < -0.3 is 9.64 Å². The molecule has 8 heteroatoms. The van der Waals surface area contributed by atoms with E-state index in [0.29, 0.717) is 18.0 Å². The summed E-state index contributed by atoms with van der Waals surface area (Å²) in [5, 5.41) is 8.49. The van der Waals surface area contributed by atoms with Crippen molar-refractivity contribution in [2.24, 2.45) is 10.2 Å². The monoisotopic (exact) mass is 505 g/mol. The van der Waals surface area contributed by atoms with Crippen LogP contribution in [0.3, 0.4) is 0 Å². The van der Waals surface area contributed by atoms with Gasteiger partial charge in [0.1, 0.15) is 0 Å². The van der Waals surface area contributed by atoms with E-state index < -0.39 is 9.84 Å². The molecule has 0 aliphatic heterocycles. The molecule has 36 heavy (non-hydrogen) atoms. The number of nitrogens with zero attached hydrogens (tertiary/aromatic N) is 3. The SMILES string of the molecule is C=CC(=O)OCCCCCCN(C)c1ccc(N=Nc2ccc(S(=O)(=O)c3ccccc3)cc2)cc1. The minimum atomic E-state index is -3.55. The number of carbonyl (C=O) groups is 1. The number of hydrogen-bond acceptors (Lipinski definition) is 7. The minimum absolute atomic E-state index is 0.219. The summed E-state index contributed by atoms with van der Waals surface area (Å²) in [7, 11) is -1.50. The molecule has 0 N–H and O–H groups in total. The van der Waals surface area contributed by atoms with Gasteiger partial charge in [0.2, 0.25) is 9.84 Å². The molecule has 0 atom stereocenters. The van der Waals surface area contributed by atoms with Crippen LogP contribution in [0.2, 0.25) is 0 Å². The van der Waals surface area contributed by atoms with Gasteiger partial charge in [-0.1, -0.05) is 31.2 Å². The van der Waals surface area contributed by atoms with Crippen LogP contribution < -0.4 is 4.90 Å². The van der Waals surface area contributed by atoms with Crippen LogP contribution in [0.25, 0.3) is 0 Å². The highest BCUT2D eigenvalue weighted by Crippen LogP contribution is 2.25. The molecule has 3 rings (SSSR count). The van der Waals surface area contributed by atoms with Gasteiger partial charge in [0.15, 0.2) is 0 Å². The molecule has 0 aromatic heterocycles. The number of ether oxygens (including phenoxy) is 1. The van der Waals surface area contributed by atoms with Crippen LogP contribution in [0.4, 0.5) is 17.1 Å². The molecule has 3 aromatic rings. The van der Waals surface area contributed by atoms with Gasteiger partial charge in [-0.15, -0.1) is 0 Å². The Labute approximate surface area is 213 Å². The predicted octanol–water partition coefficient (Wildman–Crippen LogP) is 6.66. The van der Waals surface area contributed by atoms with Crippen molar-refractivity contribution in [1.29, 1.82) is 0 Å². The van der Waals surface area contributed by atoms with Crippen LogP contribution in [0.5, 0.6) is 0 Å². The maximum atomic E-state index is 12.7. The van der Waals surface area contributed by atoms with E-state index in [1.165, 1.54) is 6.08 Å². The average Bonchev–Trinajstić information content (AvgIpc) is 2.92. The number of hydrogen-bond donors (Lipinski definition) is 0. The minimum Gasteiger partial charge on any atom is -0.463 e. The Bertz CT molecular complexity index is 1260. The molecule has 0 radical (unpaired) electrons. The third-order valence-corrected chi connectivity index (χ3v) is 7.36. The Morgan fingerprint density at radius 3 is 2.00 bits per heavy atom. The highest BCUT2D eigenvalue weighted by molar-refractivity contribution is 7.91. The third kappa shape index (κ3) is 7.88. The fraction of sp³-hybridized carbons (Fsp3) is 0.250. The number of anilines is 1. The van der Waals surface area contributed by atoms with Crippen LogP contribution in [-0.4, -0.2) is 34.6 Å². The second kappa shape index (κ2) is 13.3. The van der Waals surface area contributed by atoms with Crippen LogP contribution in [0.15, 0.2) is 112 Å². The van der Waals surface area contributed by atoms with Crippen molar-refractivity contribution in [1.82, 2.24) is 0 Å². The van der Waals surface area contributed by atoms with Gasteiger partial charge in [0.25, 0.3) is 0 Å². The Hall–Kier alpha value is -3.78. The number of rotatable bonds is 13. The first-order valence-corrected chi connectivity index (χ1v) is 13.3. The van der Waals surface area contributed by atoms with E-state index in [1.54, 1.807) is 54.6 Å². The zero-order chi connectivity index (χ0) is 25.8. The number of carbonyl (C=O) groups excluding carboxylic acids is 1. The molecule has 0 unspecified atom stereocenters. The van der Waals surface area contributed by atoms with Crippen LogP contribution in [0.1, 0.15) is 25.7 Å². The molecule has 0 saturated heterocycles. The number of azo groups is 1. The van der Waals surface area contributed by atoms with Gasteiger partial charge in [-0.3, -0.25) is 0 Å². The third-order valence-electron chi connectivity index (χ3n) is 5.57. The smallest absolute Gasteiger partial charge is 0.330 e. The Morgan fingerprint density at radius 2 is 1.39 bits per heavy atom. The normalized spacial score (nSPS) is 11.4. The van der Waals surface area contributed by atoms with Crippen molar-refractivity contribution in [3.8, 4) is 0 Å². The van der Waals surface area contributed by atoms with Crippen LogP contribution in [0, 0.1) is 0 Å². The van der Waals surface area contributed by atoms with Crippen molar-refractivity contribution in [3.63, 3.8) is 0 Å². The van der Waals surface area contributed by atoms with Crippen molar-refractivity contribution in [2.45, 2.75) is 35.5 Å². The van der Waals surface area contributed by atoms with E-state index in [-0.39, 0.29) is 15.8 Å². The van der Waals surface area contributed by atoms with Gasteiger partial charge in [-0.2, -0.15) is 10.2 Å². The molecule has 0 spiro atoms. The van der Waals surface area contributed by atoms with Crippen molar-refractivity contribution < 1.29 is 17.9 Å². The van der Waals surface area contributed by atoms with E-state index in [1.807, 2.05) is 31.3 Å². The van der Waals surface area contributed by atoms with E-state index in [0.717, 1.165) is 37.9 Å². The molecule has 0 aliphatic carbocycles. The van der Waals surface area contributed by atoms with E-state index in [9.17, 15) is 13.2 Å². The van der Waals surface area contributed by atoms with Gasteiger partial charge in [0.05, 0.1) is 27.8 Å². The lowest BCUT2D eigenvalue weighted by Gasteiger charge is -2.19. The number of unbranched alkanes of at least 4 members (excludes halogenated alkanes) is 3. The molecule has 188 valence electrons. The first-order valence-electron chi connectivity index (χ1n) is 11.8. The fourth-order valence-corrected chi connectivity index (χ4v) is 4.76. The zero-order valence-electron chi connectivity index (χ0n) is 20.4. The topological polar surface area (TPSA) is 88.4 Å². The molecule has 0 bridgehead atoms. The van der Waals surface area contributed by atoms with Crippen LogP contribution in [-0.2, 0) is 19.4 Å². The lowest BCUT2D eigenvalue weighted by molar-refractivity contribution is -0.137. The second-order valence-electron chi connectivity index (χ2n) is 8.23. The highest BCUT2D eigenvalue weighted by Gasteiger charge is 2.16. The van der Waals surface area contributed by atoms with E-state index in [2.05, 4.69) is 21.7 Å². The fourth-order valence-electron chi connectivity index (χ4n) is 3.48. The molecule has 0 heterocycles. The van der Waals surface area contributed by atoms with E-state index in [4.69, 9.17) is 4.74 Å². The van der Waals surface area contributed by atoms with Gasteiger partial charge in [-0.25, -0.2) is 13.2 Å². The number of sulfone groups is 1. The second-order valence-corrected chi connectivity index (χ2v) is 10.2. The molecular weight excluding hydrogens is 474 g/mol. The molecule has 0 aliphatic rings. The van der Waals surface area contributed by atoms with Gasteiger partial charge >= 0.3 is 5.97 Å². The summed E-state index contributed by atoms with van der Waals surface area (Å²) in [5.41, 5.74) is 2.37. The quantitative estimate of drug-likeness (QED) is 0.112. The van der Waals surface area contributed by atoms with Crippen LogP contribution >= 0.6 is 0 Å². The van der Waals surface area contributed by atoms with Crippen molar-refractivity contribution in [2.75, 3.05) is 25.1 Å². The molecule has 0 amide bonds. The summed E-state index contributed by atoms with van der Waals surface area (Å²) in [6.45, 7) is 4.74. The number of benzene rings is 3. The standard InChI is InChI=1S/C28H31N3O4S/c1-3-28(32)35-22-10-5-4-9-21-31(2)25-17-13-23(14-18-25)29-30-24-15-19-27(20-16-24)36(33,34)26-11-7-6-8-12-26/h3,6-8,11-20H,1,4-5,9-10,21-22H2,2H3. The lowest BCUT2D eigenvalue weighted by atomic mass is 10.2. The highest BCUT2D eigenvalue weighted by atomic mass is 32.2. The first kappa shape index (κ1) is 26.8. The summed E-state index contributed by atoms with van der Waals surface area (Å²) < 4.78 is 30.4. The average molecular weight is 506 g/mol. The Kier molecular flexibility index (Phi) is 9.94. The van der Waals surface area contributed by atoms with Gasteiger partial charge in [-0.05, 0) is 79.9 Å². The summed E-state index contributed by atoms with van der Waals surface area (Å²) in [4.78, 5) is 13.7. The zero-order valence-corrected chi connectivity index (χ0v) is 21.2. The summed E-state index contributed by atoms with van der Waals surface area (Å²) in [6, 6.07) is 22.5. The Morgan fingerprint density at radius 1 is 0.833 bits per heavy atom. The maximum Gasteiger partial charge on any atom is 0.330 e. The molecule has 0 fully saturated rings.